The van der Waals surface area contributed by atoms with Gasteiger partial charge in [-0.1, -0.05) is 59.7 Å². The fraction of sp³-hybridized carbons (Fsp3) is 0.200. The van der Waals surface area contributed by atoms with Gasteiger partial charge in [0.15, 0.2) is 17.6 Å². The van der Waals surface area contributed by atoms with E-state index in [1.165, 1.54) is 0 Å². The number of hydrogen-bond acceptors (Lipinski definition) is 5. The fourth-order valence-corrected chi connectivity index (χ4v) is 3.23. The Hall–Kier alpha value is -3.60. The molecule has 1 atom stereocenters. The first kappa shape index (κ1) is 19.7. The quantitative estimate of drug-likeness (QED) is 0.451. The van der Waals surface area contributed by atoms with E-state index in [1.54, 1.807) is 30.3 Å². The number of ether oxygens (including phenoxy) is 3. The van der Waals surface area contributed by atoms with Gasteiger partial charge in [-0.3, -0.25) is 4.79 Å². The van der Waals surface area contributed by atoms with E-state index >= 15 is 0 Å². The number of benzene rings is 3. The Morgan fingerprint density at radius 3 is 2.00 bits per heavy atom. The molecule has 5 heteroatoms. The van der Waals surface area contributed by atoms with Crippen LogP contribution < -0.4 is 9.47 Å². The van der Waals surface area contributed by atoms with Crippen molar-refractivity contribution in [3.63, 3.8) is 0 Å². The van der Waals surface area contributed by atoms with Crippen LogP contribution in [0.15, 0.2) is 66.7 Å². The SMILES string of the molecule is Cc1ccc(C(=O)C(OC(=O)c2ccc3c(c2)OCCO3)c2ccc(C)cc2)cc1. The van der Waals surface area contributed by atoms with Crippen LogP contribution in [0.4, 0.5) is 0 Å². The number of aryl methyl sites for hydroxylation is 2. The number of fused-ring (bicyclic) bond motifs is 1. The van der Waals surface area contributed by atoms with Gasteiger partial charge in [0.05, 0.1) is 5.56 Å². The van der Waals surface area contributed by atoms with E-state index in [0.717, 1.165) is 11.1 Å². The smallest absolute Gasteiger partial charge is 0.339 e. The van der Waals surface area contributed by atoms with Crippen molar-refractivity contribution in [1.29, 1.82) is 0 Å². The summed E-state index contributed by atoms with van der Waals surface area (Å²) in [4.78, 5) is 26.1. The van der Waals surface area contributed by atoms with Crippen LogP contribution in [0.25, 0.3) is 0 Å². The van der Waals surface area contributed by atoms with Gasteiger partial charge in [0.1, 0.15) is 13.2 Å². The van der Waals surface area contributed by atoms with Crippen LogP contribution in [-0.4, -0.2) is 25.0 Å². The number of esters is 1. The lowest BCUT2D eigenvalue weighted by molar-refractivity contribution is 0.0279. The third kappa shape index (κ3) is 4.20. The lowest BCUT2D eigenvalue weighted by atomic mass is 9.98. The molecule has 0 aromatic heterocycles. The molecule has 1 aliphatic heterocycles. The van der Waals surface area contributed by atoms with Crippen molar-refractivity contribution in [3.8, 4) is 11.5 Å². The summed E-state index contributed by atoms with van der Waals surface area (Å²) in [5.74, 6) is 0.207. The predicted octanol–water partition coefficient (Wildman–Crippen LogP) is 4.86. The minimum atomic E-state index is -1.05. The van der Waals surface area contributed by atoms with Crippen molar-refractivity contribution in [3.05, 3.63) is 94.5 Å². The highest BCUT2D eigenvalue weighted by Gasteiger charge is 2.27. The molecule has 0 fully saturated rings. The number of carbonyl (C=O) groups excluding carboxylic acids is 2. The van der Waals surface area contributed by atoms with Gasteiger partial charge in [0.25, 0.3) is 0 Å². The topological polar surface area (TPSA) is 61.8 Å². The molecule has 0 amide bonds. The van der Waals surface area contributed by atoms with Crippen LogP contribution in [0.1, 0.15) is 43.5 Å². The second-order valence-electron chi connectivity index (χ2n) is 7.28. The average molecular weight is 402 g/mol. The van der Waals surface area contributed by atoms with Crippen LogP contribution in [0, 0.1) is 13.8 Å². The Morgan fingerprint density at radius 2 is 1.33 bits per heavy atom. The Morgan fingerprint density at radius 1 is 0.767 bits per heavy atom. The highest BCUT2D eigenvalue weighted by Crippen LogP contribution is 2.32. The molecule has 1 aliphatic rings. The van der Waals surface area contributed by atoms with Gasteiger partial charge in [0, 0.05) is 11.1 Å². The Kier molecular flexibility index (Phi) is 5.53. The van der Waals surface area contributed by atoms with Crippen molar-refractivity contribution in [2.75, 3.05) is 13.2 Å². The Balaban J connectivity index is 1.64. The minimum absolute atomic E-state index is 0.273. The Labute approximate surface area is 175 Å². The first-order valence-electron chi connectivity index (χ1n) is 9.79. The maximum Gasteiger partial charge on any atom is 0.339 e. The summed E-state index contributed by atoms with van der Waals surface area (Å²) in [6.07, 6.45) is -1.05. The number of hydrogen-bond donors (Lipinski definition) is 0. The van der Waals surface area contributed by atoms with Gasteiger partial charge in [-0.15, -0.1) is 0 Å². The predicted molar refractivity (Wildman–Crippen MR) is 112 cm³/mol. The lowest BCUT2D eigenvalue weighted by Crippen LogP contribution is -2.21. The third-order valence-corrected chi connectivity index (χ3v) is 4.96. The van der Waals surface area contributed by atoms with Crippen LogP contribution in [0.3, 0.4) is 0 Å². The third-order valence-electron chi connectivity index (χ3n) is 4.96. The average Bonchev–Trinajstić information content (AvgIpc) is 2.78. The van der Waals surface area contributed by atoms with Crippen molar-refractivity contribution < 1.29 is 23.8 Å². The van der Waals surface area contributed by atoms with Gasteiger partial charge in [-0.25, -0.2) is 4.79 Å². The standard InChI is InChI=1S/C25H22O5/c1-16-3-7-18(8-4-16)23(26)24(19-9-5-17(2)6-10-19)30-25(27)20-11-12-21-22(15-20)29-14-13-28-21/h3-12,15,24H,13-14H2,1-2H3. The summed E-state index contributed by atoms with van der Waals surface area (Å²) in [6.45, 7) is 4.80. The maximum absolute atomic E-state index is 13.2. The summed E-state index contributed by atoms with van der Waals surface area (Å²) in [5.41, 5.74) is 3.51. The first-order valence-corrected chi connectivity index (χ1v) is 9.79. The van der Waals surface area contributed by atoms with Gasteiger partial charge < -0.3 is 14.2 Å². The molecular formula is C25H22O5. The lowest BCUT2D eigenvalue weighted by Gasteiger charge is -2.20. The summed E-state index contributed by atoms with van der Waals surface area (Å²) in [6, 6.07) is 19.5. The molecule has 5 nitrogen and oxygen atoms in total. The molecule has 0 saturated carbocycles. The molecular weight excluding hydrogens is 380 g/mol. The van der Waals surface area contributed by atoms with E-state index in [-0.39, 0.29) is 5.78 Å². The molecule has 0 aliphatic carbocycles. The van der Waals surface area contributed by atoms with Gasteiger partial charge in [-0.05, 0) is 32.0 Å². The molecule has 0 bridgehead atoms. The molecule has 3 aromatic carbocycles. The monoisotopic (exact) mass is 402 g/mol. The second kappa shape index (κ2) is 8.41. The molecule has 0 saturated heterocycles. The molecule has 0 N–H and O–H groups in total. The number of carbonyl (C=O) groups is 2. The summed E-state index contributed by atoms with van der Waals surface area (Å²) in [5, 5.41) is 0. The fourth-order valence-electron chi connectivity index (χ4n) is 3.23. The summed E-state index contributed by atoms with van der Waals surface area (Å²) < 4.78 is 16.8. The maximum atomic E-state index is 13.2. The van der Waals surface area contributed by atoms with Gasteiger partial charge in [0.2, 0.25) is 5.78 Å². The zero-order valence-corrected chi connectivity index (χ0v) is 16.9. The van der Waals surface area contributed by atoms with Crippen molar-refractivity contribution >= 4 is 11.8 Å². The Bertz CT molecular complexity index is 1070. The molecule has 152 valence electrons. The molecule has 0 radical (unpaired) electrons. The molecule has 1 heterocycles. The number of ketones is 1. The molecule has 1 unspecified atom stereocenters. The van der Waals surface area contributed by atoms with E-state index in [9.17, 15) is 9.59 Å². The van der Waals surface area contributed by atoms with Crippen molar-refractivity contribution in [1.82, 2.24) is 0 Å². The number of rotatable bonds is 5. The first-order chi connectivity index (χ1) is 14.5. The summed E-state index contributed by atoms with van der Waals surface area (Å²) >= 11 is 0. The molecule has 0 spiro atoms. The molecule has 30 heavy (non-hydrogen) atoms. The van der Waals surface area contributed by atoms with Crippen molar-refractivity contribution in [2.24, 2.45) is 0 Å². The van der Waals surface area contributed by atoms with E-state index in [1.807, 2.05) is 50.2 Å². The molecule has 4 rings (SSSR count). The largest absolute Gasteiger partial charge is 0.486 e. The highest BCUT2D eigenvalue weighted by atomic mass is 16.6. The second-order valence-corrected chi connectivity index (χ2v) is 7.28. The molecule has 3 aromatic rings. The van der Waals surface area contributed by atoms with E-state index in [0.29, 0.717) is 41.4 Å². The van der Waals surface area contributed by atoms with E-state index < -0.39 is 12.1 Å². The van der Waals surface area contributed by atoms with E-state index in [2.05, 4.69) is 0 Å². The van der Waals surface area contributed by atoms with Gasteiger partial charge in [-0.2, -0.15) is 0 Å². The number of Topliss-reactive ketones (excluding diaryl/α,β-unsaturated/α-hetero) is 1. The summed E-state index contributed by atoms with van der Waals surface area (Å²) in [7, 11) is 0. The zero-order chi connectivity index (χ0) is 21.1. The minimum Gasteiger partial charge on any atom is -0.486 e. The van der Waals surface area contributed by atoms with Gasteiger partial charge >= 0.3 is 5.97 Å². The van der Waals surface area contributed by atoms with Crippen LogP contribution >= 0.6 is 0 Å². The van der Waals surface area contributed by atoms with Crippen LogP contribution in [0.2, 0.25) is 0 Å². The van der Waals surface area contributed by atoms with Crippen LogP contribution in [-0.2, 0) is 4.74 Å². The highest BCUT2D eigenvalue weighted by molar-refractivity contribution is 6.02. The van der Waals surface area contributed by atoms with E-state index in [4.69, 9.17) is 14.2 Å². The zero-order valence-electron chi connectivity index (χ0n) is 16.9. The van der Waals surface area contributed by atoms with Crippen LogP contribution in [0.5, 0.6) is 11.5 Å². The van der Waals surface area contributed by atoms with Crippen molar-refractivity contribution in [2.45, 2.75) is 20.0 Å². The normalized spacial score (nSPS) is 13.4.